The Morgan fingerprint density at radius 2 is 2.11 bits per heavy atom. The van der Waals surface area contributed by atoms with Crippen molar-refractivity contribution in [1.82, 2.24) is 5.32 Å². The third-order valence-electron chi connectivity index (χ3n) is 2.17. The summed E-state index contributed by atoms with van der Waals surface area (Å²) in [5.74, 6) is -0.483. The highest BCUT2D eigenvalue weighted by molar-refractivity contribution is 6.33. The van der Waals surface area contributed by atoms with Crippen LogP contribution in [0.2, 0.25) is 5.02 Å². The Morgan fingerprint density at radius 3 is 2.72 bits per heavy atom. The molecule has 2 N–H and O–H groups in total. The number of hydrogen-bond acceptors (Lipinski definition) is 3. The maximum atomic E-state index is 11.5. The van der Waals surface area contributed by atoms with Crippen molar-refractivity contribution in [3.63, 3.8) is 0 Å². The molecule has 0 unspecified atom stereocenters. The second kappa shape index (κ2) is 6.86. The van der Waals surface area contributed by atoms with Gasteiger partial charge in [-0.15, -0.1) is 0 Å². The van der Waals surface area contributed by atoms with Gasteiger partial charge in [-0.3, -0.25) is 0 Å². The quantitative estimate of drug-likeness (QED) is 0.827. The summed E-state index contributed by atoms with van der Waals surface area (Å²) in [5.41, 5.74) is 0.695. The molecule has 1 aromatic rings. The molecule has 98 valence electrons. The van der Waals surface area contributed by atoms with Gasteiger partial charge >= 0.3 is 12.0 Å². The number of hydrogen-bond donors (Lipinski definition) is 2. The fourth-order valence-electron chi connectivity index (χ4n) is 1.27. The van der Waals surface area contributed by atoms with Crippen molar-refractivity contribution >= 4 is 29.3 Å². The van der Waals surface area contributed by atoms with Crippen molar-refractivity contribution < 1.29 is 14.3 Å². The summed E-state index contributed by atoms with van der Waals surface area (Å²) in [6.45, 7) is 2.52. The first kappa shape index (κ1) is 14.3. The van der Waals surface area contributed by atoms with Crippen LogP contribution in [0.25, 0.3) is 0 Å². The third-order valence-corrected chi connectivity index (χ3v) is 2.50. The van der Waals surface area contributed by atoms with E-state index in [1.165, 1.54) is 25.3 Å². The molecule has 5 nitrogen and oxygen atoms in total. The summed E-state index contributed by atoms with van der Waals surface area (Å²) in [6.07, 6.45) is 0.837. The molecule has 2 amide bonds. The monoisotopic (exact) mass is 270 g/mol. The summed E-state index contributed by atoms with van der Waals surface area (Å²) in [4.78, 5) is 22.8. The maximum Gasteiger partial charge on any atom is 0.337 e. The van der Waals surface area contributed by atoms with Crippen LogP contribution in [0.5, 0.6) is 0 Å². The van der Waals surface area contributed by atoms with Gasteiger partial charge in [-0.2, -0.15) is 0 Å². The van der Waals surface area contributed by atoms with E-state index < -0.39 is 5.97 Å². The topological polar surface area (TPSA) is 67.4 Å². The number of amides is 2. The lowest BCUT2D eigenvalue weighted by atomic mass is 10.2. The standard InChI is InChI=1S/C12H15ClN2O3/c1-3-6-14-12(17)15-10-7-8(11(16)18-2)4-5-9(10)13/h4-5,7H,3,6H2,1-2H3,(H2,14,15,17). The van der Waals surface area contributed by atoms with E-state index in [4.69, 9.17) is 11.6 Å². The zero-order valence-electron chi connectivity index (χ0n) is 10.2. The van der Waals surface area contributed by atoms with Crippen molar-refractivity contribution in [1.29, 1.82) is 0 Å². The van der Waals surface area contributed by atoms with Crippen LogP contribution in [-0.2, 0) is 4.74 Å². The summed E-state index contributed by atoms with van der Waals surface area (Å²) in [7, 11) is 1.29. The minimum Gasteiger partial charge on any atom is -0.465 e. The second-order valence-corrected chi connectivity index (χ2v) is 3.97. The smallest absolute Gasteiger partial charge is 0.337 e. The summed E-state index contributed by atoms with van der Waals surface area (Å²) in [6, 6.07) is 4.17. The maximum absolute atomic E-state index is 11.5. The number of benzene rings is 1. The van der Waals surface area contributed by atoms with Gasteiger partial charge in [-0.25, -0.2) is 9.59 Å². The molecule has 18 heavy (non-hydrogen) atoms. The Hall–Kier alpha value is -1.75. The normalized spacial score (nSPS) is 9.72. The lowest BCUT2D eigenvalue weighted by molar-refractivity contribution is 0.0600. The van der Waals surface area contributed by atoms with E-state index in [1.54, 1.807) is 0 Å². The molecule has 0 aliphatic heterocycles. The van der Waals surface area contributed by atoms with E-state index in [2.05, 4.69) is 15.4 Å². The molecule has 0 aliphatic rings. The predicted octanol–water partition coefficient (Wildman–Crippen LogP) is 2.66. The van der Waals surface area contributed by atoms with Crippen LogP contribution < -0.4 is 10.6 Å². The van der Waals surface area contributed by atoms with Crippen LogP contribution in [0, 0.1) is 0 Å². The summed E-state index contributed by atoms with van der Waals surface area (Å²) >= 11 is 5.93. The van der Waals surface area contributed by atoms with Gasteiger partial charge in [0.15, 0.2) is 0 Å². The Balaban J connectivity index is 2.81. The number of nitrogens with one attached hydrogen (secondary N) is 2. The van der Waals surface area contributed by atoms with Crippen molar-refractivity contribution in [3.8, 4) is 0 Å². The average Bonchev–Trinajstić information content (AvgIpc) is 2.38. The first-order chi connectivity index (χ1) is 8.58. The fourth-order valence-corrected chi connectivity index (χ4v) is 1.44. The van der Waals surface area contributed by atoms with Gasteiger partial charge in [-0.1, -0.05) is 18.5 Å². The highest BCUT2D eigenvalue weighted by Crippen LogP contribution is 2.23. The molecule has 0 saturated heterocycles. The van der Waals surface area contributed by atoms with E-state index in [-0.39, 0.29) is 6.03 Å². The summed E-state index contributed by atoms with van der Waals surface area (Å²) < 4.78 is 4.59. The van der Waals surface area contributed by atoms with Crippen molar-refractivity contribution in [3.05, 3.63) is 28.8 Å². The molecule has 1 aromatic carbocycles. The number of carbonyl (C=O) groups excluding carboxylic acids is 2. The highest BCUT2D eigenvalue weighted by atomic mass is 35.5. The predicted molar refractivity (Wildman–Crippen MR) is 70.1 cm³/mol. The molecule has 0 bridgehead atoms. The van der Waals surface area contributed by atoms with E-state index >= 15 is 0 Å². The van der Waals surface area contributed by atoms with Crippen molar-refractivity contribution in [2.45, 2.75) is 13.3 Å². The largest absolute Gasteiger partial charge is 0.465 e. The first-order valence-electron chi connectivity index (χ1n) is 5.51. The molecule has 6 heteroatoms. The SMILES string of the molecule is CCCNC(=O)Nc1cc(C(=O)OC)ccc1Cl. The van der Waals surface area contributed by atoms with Crippen LogP contribution in [0.15, 0.2) is 18.2 Å². The second-order valence-electron chi connectivity index (χ2n) is 3.57. The van der Waals surface area contributed by atoms with Gasteiger partial charge in [0.25, 0.3) is 0 Å². The van der Waals surface area contributed by atoms with E-state index in [0.29, 0.717) is 22.8 Å². The molecule has 0 atom stereocenters. The first-order valence-corrected chi connectivity index (χ1v) is 5.89. The molecule has 0 fully saturated rings. The zero-order chi connectivity index (χ0) is 13.5. The number of halogens is 1. The molecule has 0 aliphatic carbocycles. The summed E-state index contributed by atoms with van der Waals surface area (Å²) in [5, 5.41) is 5.58. The molecule has 0 heterocycles. The van der Waals surface area contributed by atoms with Crippen LogP contribution in [0.1, 0.15) is 23.7 Å². The van der Waals surface area contributed by atoms with Gasteiger partial charge < -0.3 is 15.4 Å². The average molecular weight is 271 g/mol. The van der Waals surface area contributed by atoms with Gasteiger partial charge in [0.2, 0.25) is 0 Å². The van der Waals surface area contributed by atoms with Gasteiger partial charge in [0, 0.05) is 6.54 Å². The Kier molecular flexibility index (Phi) is 5.45. The molecular formula is C12H15ClN2O3. The van der Waals surface area contributed by atoms with Crippen LogP contribution >= 0.6 is 11.6 Å². The number of ether oxygens (including phenoxy) is 1. The lowest BCUT2D eigenvalue weighted by Crippen LogP contribution is -2.29. The van der Waals surface area contributed by atoms with Crippen LogP contribution in [0.3, 0.4) is 0 Å². The van der Waals surface area contributed by atoms with Crippen LogP contribution in [0.4, 0.5) is 10.5 Å². The zero-order valence-corrected chi connectivity index (χ0v) is 11.0. The Bertz CT molecular complexity index is 449. The number of esters is 1. The third kappa shape index (κ3) is 3.92. The Labute approximate surface area is 110 Å². The minimum atomic E-state index is -0.483. The fraction of sp³-hybridized carbons (Fsp3) is 0.333. The highest BCUT2D eigenvalue weighted by Gasteiger charge is 2.10. The Morgan fingerprint density at radius 1 is 1.39 bits per heavy atom. The number of rotatable bonds is 4. The molecular weight excluding hydrogens is 256 g/mol. The van der Waals surface area contributed by atoms with Gasteiger partial charge in [0.05, 0.1) is 23.4 Å². The van der Waals surface area contributed by atoms with E-state index in [1.807, 2.05) is 6.92 Å². The molecule has 0 saturated carbocycles. The number of anilines is 1. The van der Waals surface area contributed by atoms with Crippen molar-refractivity contribution in [2.75, 3.05) is 19.0 Å². The van der Waals surface area contributed by atoms with Gasteiger partial charge in [-0.05, 0) is 24.6 Å². The van der Waals surface area contributed by atoms with E-state index in [0.717, 1.165) is 6.42 Å². The van der Waals surface area contributed by atoms with E-state index in [9.17, 15) is 9.59 Å². The van der Waals surface area contributed by atoms with Crippen LogP contribution in [-0.4, -0.2) is 25.7 Å². The lowest BCUT2D eigenvalue weighted by Gasteiger charge is -2.09. The number of methoxy groups -OCH3 is 1. The number of carbonyl (C=O) groups is 2. The van der Waals surface area contributed by atoms with Crippen molar-refractivity contribution in [2.24, 2.45) is 0 Å². The number of urea groups is 1. The molecule has 1 rings (SSSR count). The van der Waals surface area contributed by atoms with Gasteiger partial charge in [0.1, 0.15) is 0 Å². The minimum absolute atomic E-state index is 0.327. The molecule has 0 aromatic heterocycles. The molecule has 0 radical (unpaired) electrons. The molecule has 0 spiro atoms.